The van der Waals surface area contributed by atoms with Gasteiger partial charge in [-0.05, 0) is 89.8 Å². The number of hydrogen-bond donors (Lipinski definition) is 1. The number of aliphatic hydroxyl groups is 1. The Morgan fingerprint density at radius 1 is 1.00 bits per heavy atom. The fourth-order valence-electron chi connectivity index (χ4n) is 10.3. The number of hydrogen-bond acceptors (Lipinski definition) is 4. The predicted molar refractivity (Wildman–Crippen MR) is 131 cm³/mol. The first-order chi connectivity index (χ1) is 15.8. The highest BCUT2D eigenvalue weighted by atomic mass is 16.3. The van der Waals surface area contributed by atoms with E-state index in [1.165, 1.54) is 0 Å². The molecule has 5 rings (SSSR count). The first kappa shape index (κ1) is 24.2. The largest absolute Gasteiger partial charge is 0.396 e. The molecular formula is C30H43NO3. The molecule has 0 aromatic heterocycles. The molecule has 9 atom stereocenters. The predicted octanol–water partition coefficient (Wildman–Crippen LogP) is 5.89. The van der Waals surface area contributed by atoms with Gasteiger partial charge in [-0.15, -0.1) is 0 Å². The number of aliphatic hydroxyl groups excluding tert-OH is 1. The average molecular weight is 466 g/mol. The summed E-state index contributed by atoms with van der Waals surface area (Å²) in [5.74, 6) is 0.770. The minimum absolute atomic E-state index is 0.00330. The van der Waals surface area contributed by atoms with Crippen molar-refractivity contribution in [3.8, 4) is 6.07 Å². The number of allylic oxidation sites excluding steroid dienone is 2. The molecular weight excluding hydrogens is 422 g/mol. The maximum atomic E-state index is 14.2. The van der Waals surface area contributed by atoms with Gasteiger partial charge in [0.15, 0.2) is 5.78 Å². The lowest BCUT2D eigenvalue weighted by atomic mass is 9.32. The van der Waals surface area contributed by atoms with Crippen LogP contribution in [0.5, 0.6) is 0 Å². The Morgan fingerprint density at radius 3 is 2.32 bits per heavy atom. The fourth-order valence-corrected chi connectivity index (χ4v) is 10.3. The molecule has 0 saturated heterocycles. The molecule has 0 spiro atoms. The van der Waals surface area contributed by atoms with Crippen molar-refractivity contribution in [1.29, 1.82) is 5.26 Å². The van der Waals surface area contributed by atoms with Crippen LogP contribution < -0.4 is 0 Å². The van der Waals surface area contributed by atoms with Gasteiger partial charge in [-0.25, -0.2) is 0 Å². The van der Waals surface area contributed by atoms with E-state index < -0.39 is 0 Å². The normalized spacial score (nSPS) is 51.8. The van der Waals surface area contributed by atoms with Gasteiger partial charge in [0.05, 0.1) is 5.57 Å². The summed E-state index contributed by atoms with van der Waals surface area (Å²) in [6.07, 6.45) is 9.67. The van der Waals surface area contributed by atoms with Gasteiger partial charge in [-0.1, -0.05) is 47.6 Å². The summed E-state index contributed by atoms with van der Waals surface area (Å²) in [5.41, 5.74) is -0.0778. The highest BCUT2D eigenvalue weighted by Gasteiger charge is 2.71. The van der Waals surface area contributed by atoms with Crippen molar-refractivity contribution < 1.29 is 14.7 Å². The summed E-state index contributed by atoms with van der Waals surface area (Å²) in [4.78, 5) is 27.1. The van der Waals surface area contributed by atoms with Crippen LogP contribution in [0, 0.1) is 68.0 Å². The van der Waals surface area contributed by atoms with E-state index >= 15 is 0 Å². The van der Waals surface area contributed by atoms with E-state index in [1.54, 1.807) is 0 Å². The number of rotatable bonds is 1. The molecule has 0 aromatic carbocycles. The van der Waals surface area contributed by atoms with Crippen molar-refractivity contribution >= 4 is 11.6 Å². The van der Waals surface area contributed by atoms with Crippen molar-refractivity contribution in [3.05, 3.63) is 11.6 Å². The Kier molecular flexibility index (Phi) is 5.19. The Hall–Kier alpha value is -1.47. The number of nitrogens with zero attached hydrogens (tertiary/aromatic N) is 1. The van der Waals surface area contributed by atoms with Crippen LogP contribution in [0.3, 0.4) is 0 Å². The SMILES string of the molecule is CC1C(=O)C(C#N)=CC2(C)[C@H]3CC(=O)C4C5CC(C)(C)CC[C@]5(CO)CC[C@@]4(C)C3(C)CC[C@@H]12. The van der Waals surface area contributed by atoms with Crippen LogP contribution in [0.2, 0.25) is 0 Å². The van der Waals surface area contributed by atoms with Crippen LogP contribution in [0.4, 0.5) is 0 Å². The summed E-state index contributed by atoms with van der Waals surface area (Å²) in [7, 11) is 0. The lowest BCUT2D eigenvalue weighted by Gasteiger charge is -2.71. The molecule has 5 unspecified atom stereocenters. The molecule has 0 radical (unpaired) electrons. The number of carbonyl (C=O) groups excluding carboxylic acids is 2. The molecule has 4 heteroatoms. The second-order valence-corrected chi connectivity index (χ2v) is 14.4. The van der Waals surface area contributed by atoms with Crippen molar-refractivity contribution in [2.24, 2.45) is 56.7 Å². The van der Waals surface area contributed by atoms with Gasteiger partial charge in [-0.3, -0.25) is 9.59 Å². The van der Waals surface area contributed by atoms with Gasteiger partial charge in [-0.2, -0.15) is 5.26 Å². The Bertz CT molecular complexity index is 1010. The van der Waals surface area contributed by atoms with E-state index in [0.29, 0.717) is 17.8 Å². The van der Waals surface area contributed by atoms with Crippen LogP contribution in [0.15, 0.2) is 11.6 Å². The molecule has 5 aliphatic rings. The number of ketones is 2. The summed E-state index contributed by atoms with van der Waals surface area (Å²) < 4.78 is 0. The minimum atomic E-state index is -0.313. The molecule has 4 saturated carbocycles. The lowest BCUT2D eigenvalue weighted by molar-refractivity contribution is -0.223. The smallest absolute Gasteiger partial charge is 0.176 e. The maximum absolute atomic E-state index is 14.2. The quantitative estimate of drug-likeness (QED) is 0.524. The van der Waals surface area contributed by atoms with E-state index in [0.717, 1.165) is 44.9 Å². The van der Waals surface area contributed by atoms with Crippen LogP contribution in [0.1, 0.15) is 92.9 Å². The van der Waals surface area contributed by atoms with Crippen LogP contribution >= 0.6 is 0 Å². The molecule has 0 heterocycles. The average Bonchev–Trinajstić information content (AvgIpc) is 2.77. The highest BCUT2D eigenvalue weighted by molar-refractivity contribution is 6.01. The monoisotopic (exact) mass is 465 g/mol. The molecule has 1 N–H and O–H groups in total. The standard InChI is InChI=1S/C30H43NO3/c1-18-20-7-8-28(5)23(27(20,4)14-19(16-31)25(18)34)13-22(33)24-21-15-26(2,3)9-11-30(21,17-32)12-10-29(24,28)6/h14,18,20-21,23-24,32H,7-13,15,17H2,1-6H3/t18?,20-,21?,23+,24?,27?,28?,29+,30+/m0/s1. The van der Waals surface area contributed by atoms with E-state index in [1.807, 2.05) is 13.0 Å². The maximum Gasteiger partial charge on any atom is 0.176 e. The number of nitriles is 1. The van der Waals surface area contributed by atoms with Crippen LogP contribution in [-0.2, 0) is 9.59 Å². The Labute approximate surface area is 205 Å². The summed E-state index contributed by atoms with van der Waals surface area (Å²) in [5, 5.41) is 20.4. The van der Waals surface area contributed by atoms with E-state index in [9.17, 15) is 20.0 Å². The zero-order chi connectivity index (χ0) is 24.9. The van der Waals surface area contributed by atoms with E-state index in [4.69, 9.17) is 0 Å². The molecule has 186 valence electrons. The number of fused-ring (bicyclic) bond motifs is 7. The molecule has 34 heavy (non-hydrogen) atoms. The zero-order valence-corrected chi connectivity index (χ0v) is 22.0. The topological polar surface area (TPSA) is 78.2 Å². The molecule has 4 fully saturated rings. The van der Waals surface area contributed by atoms with Crippen molar-refractivity contribution in [3.63, 3.8) is 0 Å². The van der Waals surface area contributed by atoms with Crippen molar-refractivity contribution in [1.82, 2.24) is 0 Å². The van der Waals surface area contributed by atoms with Crippen molar-refractivity contribution in [2.45, 2.75) is 92.9 Å². The van der Waals surface area contributed by atoms with E-state index in [2.05, 4.69) is 40.7 Å². The summed E-state index contributed by atoms with van der Waals surface area (Å²) in [6, 6.07) is 2.19. The second-order valence-electron chi connectivity index (χ2n) is 14.4. The molecule has 5 aliphatic carbocycles. The zero-order valence-electron chi connectivity index (χ0n) is 22.0. The molecule has 0 aliphatic heterocycles. The van der Waals surface area contributed by atoms with Crippen molar-refractivity contribution in [2.75, 3.05) is 6.61 Å². The van der Waals surface area contributed by atoms with Gasteiger partial charge in [0, 0.05) is 24.9 Å². The summed E-state index contributed by atoms with van der Waals surface area (Å²) in [6.45, 7) is 13.9. The molecule has 0 aromatic rings. The third kappa shape index (κ3) is 2.86. The summed E-state index contributed by atoms with van der Waals surface area (Å²) >= 11 is 0. The van der Waals surface area contributed by atoms with Crippen LogP contribution in [0.25, 0.3) is 0 Å². The number of carbonyl (C=O) groups is 2. The third-order valence-corrected chi connectivity index (χ3v) is 12.6. The van der Waals surface area contributed by atoms with Gasteiger partial charge >= 0.3 is 0 Å². The first-order valence-corrected chi connectivity index (χ1v) is 13.6. The first-order valence-electron chi connectivity index (χ1n) is 13.6. The highest BCUT2D eigenvalue weighted by Crippen LogP contribution is 2.75. The second kappa shape index (κ2) is 7.28. The fraction of sp³-hybridized carbons (Fsp3) is 0.833. The van der Waals surface area contributed by atoms with Gasteiger partial charge in [0.1, 0.15) is 11.9 Å². The molecule has 0 bridgehead atoms. The van der Waals surface area contributed by atoms with Gasteiger partial charge < -0.3 is 5.11 Å². The van der Waals surface area contributed by atoms with Gasteiger partial charge in [0.2, 0.25) is 0 Å². The Balaban J connectivity index is 1.62. The molecule has 0 amide bonds. The molecule has 4 nitrogen and oxygen atoms in total. The lowest BCUT2D eigenvalue weighted by Crippen LogP contribution is -2.68. The van der Waals surface area contributed by atoms with E-state index in [-0.39, 0.29) is 69.1 Å². The third-order valence-electron chi connectivity index (χ3n) is 12.6. The number of Topliss-reactive ketones (excluding diaryl/α,β-unsaturated/α-hetero) is 2. The van der Waals surface area contributed by atoms with Gasteiger partial charge in [0.25, 0.3) is 0 Å². The minimum Gasteiger partial charge on any atom is -0.396 e. The Morgan fingerprint density at radius 2 is 1.68 bits per heavy atom. The van der Waals surface area contributed by atoms with Crippen LogP contribution in [-0.4, -0.2) is 23.3 Å².